The highest BCUT2D eigenvalue weighted by Gasteiger charge is 2.26. The smallest absolute Gasteiger partial charge is 0.390 e. The largest absolute Gasteiger partial charge is 0.490 e. The van der Waals surface area contributed by atoms with Crippen LogP contribution in [0.5, 0.6) is 11.5 Å². The molecule has 0 spiro atoms. The molecule has 0 bridgehead atoms. The number of guanidine groups is 1. The van der Waals surface area contributed by atoms with Crippen LogP contribution in [0.25, 0.3) is 0 Å². The van der Waals surface area contributed by atoms with E-state index in [0.29, 0.717) is 30.7 Å². The summed E-state index contributed by atoms with van der Waals surface area (Å²) in [5, 5.41) is 5.73. The van der Waals surface area contributed by atoms with Crippen molar-refractivity contribution in [2.24, 2.45) is 4.99 Å². The minimum atomic E-state index is -4.20. The number of hydrogen-bond donors (Lipinski definition) is 2. The van der Waals surface area contributed by atoms with Crippen molar-refractivity contribution in [2.75, 3.05) is 26.8 Å². The molecule has 1 aromatic carbocycles. The fraction of sp³-hybridized carbons (Fsp3) is 0.588. The van der Waals surface area contributed by atoms with Gasteiger partial charge in [-0.25, -0.2) is 0 Å². The van der Waals surface area contributed by atoms with E-state index in [9.17, 15) is 13.2 Å². The third-order valence-corrected chi connectivity index (χ3v) is 3.35. The monoisotopic (exact) mass is 489 g/mol. The SMILES string of the molecule is CCOc1ccc(C(C)NC(=NC)NCCC(F)(F)F)cc1OCC.I. The maximum absolute atomic E-state index is 12.2. The molecule has 1 atom stereocenters. The van der Waals surface area contributed by atoms with Crippen molar-refractivity contribution in [1.82, 2.24) is 10.6 Å². The normalized spacial score (nSPS) is 12.8. The van der Waals surface area contributed by atoms with Gasteiger partial charge in [-0.1, -0.05) is 6.07 Å². The van der Waals surface area contributed by atoms with Crippen molar-refractivity contribution >= 4 is 29.9 Å². The third kappa shape index (κ3) is 8.81. The topological polar surface area (TPSA) is 54.9 Å². The Morgan fingerprint density at radius 3 is 2.31 bits per heavy atom. The number of halogens is 4. The molecule has 9 heteroatoms. The predicted molar refractivity (Wildman–Crippen MR) is 108 cm³/mol. The Kier molecular flexibility index (Phi) is 11.4. The highest BCUT2D eigenvalue weighted by molar-refractivity contribution is 14.0. The van der Waals surface area contributed by atoms with Gasteiger partial charge in [0.05, 0.1) is 25.7 Å². The van der Waals surface area contributed by atoms with E-state index in [-0.39, 0.29) is 36.6 Å². The highest BCUT2D eigenvalue weighted by Crippen LogP contribution is 2.30. The lowest BCUT2D eigenvalue weighted by atomic mass is 10.1. The maximum Gasteiger partial charge on any atom is 0.390 e. The molecular formula is C17H27F3IN3O2. The van der Waals surface area contributed by atoms with E-state index in [4.69, 9.17) is 9.47 Å². The number of ether oxygens (including phenoxy) is 2. The van der Waals surface area contributed by atoms with Crippen LogP contribution in [0.15, 0.2) is 23.2 Å². The first-order valence-electron chi connectivity index (χ1n) is 8.24. The summed E-state index contributed by atoms with van der Waals surface area (Å²) in [5.74, 6) is 1.60. The van der Waals surface area contributed by atoms with Crippen LogP contribution in [0, 0.1) is 0 Å². The molecule has 0 amide bonds. The molecule has 0 aromatic heterocycles. The van der Waals surface area contributed by atoms with Crippen molar-refractivity contribution in [2.45, 2.75) is 39.4 Å². The average molecular weight is 489 g/mol. The zero-order valence-corrected chi connectivity index (χ0v) is 17.8. The quantitative estimate of drug-likeness (QED) is 0.325. The Morgan fingerprint density at radius 1 is 1.15 bits per heavy atom. The van der Waals surface area contributed by atoms with E-state index in [1.807, 2.05) is 39.0 Å². The van der Waals surface area contributed by atoms with E-state index >= 15 is 0 Å². The molecule has 0 radical (unpaired) electrons. The van der Waals surface area contributed by atoms with Crippen LogP contribution in [0.3, 0.4) is 0 Å². The second kappa shape index (κ2) is 12.1. The second-order valence-electron chi connectivity index (χ2n) is 5.30. The summed E-state index contributed by atoms with van der Waals surface area (Å²) in [7, 11) is 1.51. The molecule has 26 heavy (non-hydrogen) atoms. The number of nitrogens with zero attached hydrogens (tertiary/aromatic N) is 1. The standard InChI is InChI=1S/C17H26F3N3O2.HI/c1-5-24-14-8-7-13(11-15(14)25-6-2)12(3)23-16(21-4)22-10-9-17(18,19)20;/h7-8,11-12H,5-6,9-10H2,1-4H3,(H2,21,22,23);1H. The maximum atomic E-state index is 12.2. The summed E-state index contributed by atoms with van der Waals surface area (Å²) in [6.07, 6.45) is -5.11. The van der Waals surface area contributed by atoms with Crippen LogP contribution >= 0.6 is 24.0 Å². The molecule has 0 fully saturated rings. The van der Waals surface area contributed by atoms with Crippen molar-refractivity contribution < 1.29 is 22.6 Å². The number of aliphatic imine (C=N–C) groups is 1. The van der Waals surface area contributed by atoms with Crippen LogP contribution in [0.4, 0.5) is 13.2 Å². The first kappa shape index (κ1) is 24.6. The molecule has 5 nitrogen and oxygen atoms in total. The average Bonchev–Trinajstić information content (AvgIpc) is 2.54. The molecule has 0 saturated carbocycles. The summed E-state index contributed by atoms with van der Waals surface area (Å²) >= 11 is 0. The molecule has 1 aromatic rings. The Labute approximate surface area is 169 Å². The first-order chi connectivity index (χ1) is 11.8. The van der Waals surface area contributed by atoms with Gasteiger partial charge in [0.15, 0.2) is 17.5 Å². The number of benzene rings is 1. The first-order valence-corrected chi connectivity index (χ1v) is 8.24. The van der Waals surface area contributed by atoms with Crippen molar-refractivity contribution in [3.63, 3.8) is 0 Å². The molecule has 1 rings (SSSR count). The van der Waals surface area contributed by atoms with Gasteiger partial charge in [-0.15, -0.1) is 24.0 Å². The van der Waals surface area contributed by atoms with Crippen molar-refractivity contribution in [3.8, 4) is 11.5 Å². The van der Waals surface area contributed by atoms with E-state index in [2.05, 4.69) is 15.6 Å². The molecule has 0 saturated heterocycles. The summed E-state index contributed by atoms with van der Waals surface area (Å²) < 4.78 is 47.8. The predicted octanol–water partition coefficient (Wildman–Crippen LogP) is 4.28. The van der Waals surface area contributed by atoms with E-state index in [1.165, 1.54) is 7.05 Å². The van der Waals surface area contributed by atoms with Gasteiger partial charge < -0.3 is 20.1 Å². The van der Waals surface area contributed by atoms with Gasteiger partial charge in [-0.05, 0) is 38.5 Å². The van der Waals surface area contributed by atoms with Crippen molar-refractivity contribution in [1.29, 1.82) is 0 Å². The lowest BCUT2D eigenvalue weighted by Crippen LogP contribution is -2.40. The van der Waals surface area contributed by atoms with Crippen LogP contribution < -0.4 is 20.1 Å². The van der Waals surface area contributed by atoms with Gasteiger partial charge in [-0.3, -0.25) is 4.99 Å². The minimum Gasteiger partial charge on any atom is -0.490 e. The van der Waals surface area contributed by atoms with Gasteiger partial charge in [0.25, 0.3) is 0 Å². The van der Waals surface area contributed by atoms with Gasteiger partial charge in [0.2, 0.25) is 0 Å². The Morgan fingerprint density at radius 2 is 1.77 bits per heavy atom. The summed E-state index contributed by atoms with van der Waals surface area (Å²) in [5.41, 5.74) is 0.908. The van der Waals surface area contributed by atoms with Crippen molar-refractivity contribution in [3.05, 3.63) is 23.8 Å². The summed E-state index contributed by atoms with van der Waals surface area (Å²) in [4.78, 5) is 3.95. The summed E-state index contributed by atoms with van der Waals surface area (Å²) in [6.45, 7) is 6.47. The fourth-order valence-corrected chi connectivity index (χ4v) is 2.14. The Balaban J connectivity index is 0.00000625. The summed E-state index contributed by atoms with van der Waals surface area (Å²) in [6, 6.07) is 5.39. The lowest BCUT2D eigenvalue weighted by molar-refractivity contribution is -0.132. The minimum absolute atomic E-state index is 0. The number of rotatable bonds is 8. The Hall–Kier alpha value is -1.39. The zero-order valence-electron chi connectivity index (χ0n) is 15.4. The second-order valence-corrected chi connectivity index (χ2v) is 5.30. The van der Waals surface area contributed by atoms with E-state index in [0.717, 1.165) is 5.56 Å². The fourth-order valence-electron chi connectivity index (χ4n) is 2.14. The molecular weight excluding hydrogens is 462 g/mol. The molecule has 1 unspecified atom stereocenters. The van der Waals surface area contributed by atoms with E-state index < -0.39 is 12.6 Å². The molecule has 0 heterocycles. The number of alkyl halides is 3. The number of nitrogens with one attached hydrogen (secondary N) is 2. The number of hydrogen-bond acceptors (Lipinski definition) is 3. The van der Waals surface area contributed by atoms with Crippen LogP contribution in [-0.2, 0) is 0 Å². The zero-order chi connectivity index (χ0) is 18.9. The highest BCUT2D eigenvalue weighted by atomic mass is 127. The molecule has 0 aliphatic rings. The van der Waals surface area contributed by atoms with Gasteiger partial charge >= 0.3 is 6.18 Å². The molecule has 0 aliphatic carbocycles. The molecule has 2 N–H and O–H groups in total. The van der Waals surface area contributed by atoms with Gasteiger partial charge in [-0.2, -0.15) is 13.2 Å². The molecule has 0 aliphatic heterocycles. The third-order valence-electron chi connectivity index (χ3n) is 3.35. The van der Waals surface area contributed by atoms with Crippen LogP contribution in [0.1, 0.15) is 38.8 Å². The Bertz CT molecular complexity index is 569. The van der Waals surface area contributed by atoms with Crippen LogP contribution in [0.2, 0.25) is 0 Å². The van der Waals surface area contributed by atoms with E-state index in [1.54, 1.807) is 0 Å². The van der Waals surface area contributed by atoms with Gasteiger partial charge in [0.1, 0.15) is 0 Å². The van der Waals surface area contributed by atoms with Crippen LogP contribution in [-0.4, -0.2) is 38.9 Å². The van der Waals surface area contributed by atoms with Gasteiger partial charge in [0, 0.05) is 13.6 Å². The lowest BCUT2D eigenvalue weighted by Gasteiger charge is -2.20. The molecule has 150 valence electrons.